The highest BCUT2D eigenvalue weighted by atomic mass is 35.5. The standard InChI is InChI=1S/C36H26ClF5N4O5/c1-50-21-7-3-18(4-8-21)16-45-32(23-13-19(38)5-10-25(23)37)31-27(15-26-22(30(31)33(45)47)9-12-29(43-26)51-2)44-34(48)46-17-35(49,36(40,41)42)24-14-20(39)6-11-28(24)46/h3-15,32,49H,16-17H2,1-2H3,(H,44,48)/i17D2. The van der Waals surface area contributed by atoms with E-state index < -0.39 is 59.1 Å². The first-order chi connectivity index (χ1) is 25.0. The number of aliphatic hydroxyl groups is 1. The van der Waals surface area contributed by atoms with E-state index in [0.717, 1.165) is 18.2 Å². The molecule has 15 heteroatoms. The molecule has 2 unspecified atom stereocenters. The van der Waals surface area contributed by atoms with Crippen molar-refractivity contribution in [2.45, 2.75) is 24.4 Å². The minimum atomic E-state index is -5.72. The number of methoxy groups -OCH3 is 2. The third-order valence-corrected chi connectivity index (χ3v) is 9.10. The summed E-state index contributed by atoms with van der Waals surface area (Å²) in [7, 11) is 2.82. The van der Waals surface area contributed by atoms with Gasteiger partial charge >= 0.3 is 12.2 Å². The van der Waals surface area contributed by atoms with E-state index >= 15 is 0 Å². The summed E-state index contributed by atoms with van der Waals surface area (Å²) in [6.07, 6.45) is -5.72. The van der Waals surface area contributed by atoms with Crippen LogP contribution in [-0.2, 0) is 12.1 Å². The zero-order valence-corrected chi connectivity index (χ0v) is 27.2. The lowest BCUT2D eigenvalue weighted by molar-refractivity contribution is -0.258. The number of ether oxygens (including phenoxy) is 2. The van der Waals surface area contributed by atoms with Gasteiger partial charge in [0.25, 0.3) is 5.91 Å². The molecule has 2 N–H and O–H groups in total. The average Bonchev–Trinajstić information content (AvgIpc) is 3.50. The van der Waals surface area contributed by atoms with Gasteiger partial charge in [0, 0.05) is 39.7 Å². The van der Waals surface area contributed by atoms with Crippen molar-refractivity contribution in [3.63, 3.8) is 0 Å². The number of β-amino-alcohol motifs (C(OH)–C–C–N with tert-alkyl or cyclic N) is 1. The van der Waals surface area contributed by atoms with Crippen molar-refractivity contribution in [2.75, 3.05) is 30.9 Å². The number of carbonyl (C=O) groups excluding carboxylic acids is 2. The van der Waals surface area contributed by atoms with E-state index in [1.807, 2.05) is 0 Å². The lowest BCUT2D eigenvalue weighted by Gasteiger charge is -2.28. The van der Waals surface area contributed by atoms with Gasteiger partial charge in [-0.25, -0.2) is 18.6 Å². The molecule has 0 saturated carbocycles. The number of anilines is 2. The van der Waals surface area contributed by atoms with E-state index in [0.29, 0.717) is 23.4 Å². The van der Waals surface area contributed by atoms with Crippen molar-refractivity contribution in [3.8, 4) is 11.6 Å². The van der Waals surface area contributed by atoms with Crippen molar-refractivity contribution >= 4 is 45.8 Å². The van der Waals surface area contributed by atoms with Crippen LogP contribution in [0.2, 0.25) is 5.02 Å². The maximum Gasteiger partial charge on any atom is 0.423 e. The molecule has 0 bridgehead atoms. The van der Waals surface area contributed by atoms with Crippen LogP contribution in [0.4, 0.5) is 38.1 Å². The number of pyridine rings is 1. The van der Waals surface area contributed by atoms with Crippen molar-refractivity contribution in [3.05, 3.63) is 123 Å². The number of hydrogen-bond donors (Lipinski definition) is 2. The van der Waals surface area contributed by atoms with E-state index in [1.54, 1.807) is 24.3 Å². The van der Waals surface area contributed by atoms with E-state index in [1.165, 1.54) is 43.4 Å². The fourth-order valence-electron chi connectivity index (χ4n) is 6.38. The Bertz CT molecular complexity index is 2330. The molecule has 0 aliphatic carbocycles. The lowest BCUT2D eigenvalue weighted by atomic mass is 9.93. The number of amides is 3. The van der Waals surface area contributed by atoms with Crippen LogP contribution in [0.25, 0.3) is 10.9 Å². The van der Waals surface area contributed by atoms with Crippen LogP contribution in [0.15, 0.2) is 78.9 Å². The number of alkyl halides is 3. The van der Waals surface area contributed by atoms with Crippen LogP contribution in [0.1, 0.15) is 41.4 Å². The van der Waals surface area contributed by atoms with Gasteiger partial charge in [0.2, 0.25) is 11.5 Å². The number of benzene rings is 4. The lowest BCUT2D eigenvalue weighted by Crippen LogP contribution is -2.48. The molecule has 7 rings (SSSR count). The van der Waals surface area contributed by atoms with Gasteiger partial charge in [-0.3, -0.25) is 9.69 Å². The van der Waals surface area contributed by atoms with Gasteiger partial charge in [-0.15, -0.1) is 0 Å². The quantitative estimate of drug-likeness (QED) is 0.174. The van der Waals surface area contributed by atoms with Crippen molar-refractivity contribution in [1.29, 1.82) is 0 Å². The third kappa shape index (κ3) is 5.64. The Morgan fingerprint density at radius 1 is 1.04 bits per heavy atom. The molecular formula is C36H26ClF5N4O5. The summed E-state index contributed by atoms with van der Waals surface area (Å²) < 4.78 is 100. The van der Waals surface area contributed by atoms with Gasteiger partial charge in [0.15, 0.2) is 0 Å². The van der Waals surface area contributed by atoms with Gasteiger partial charge in [-0.1, -0.05) is 23.7 Å². The Morgan fingerprint density at radius 2 is 1.75 bits per heavy atom. The van der Waals surface area contributed by atoms with Gasteiger partial charge in [0.1, 0.15) is 17.4 Å². The first kappa shape index (κ1) is 31.5. The van der Waals surface area contributed by atoms with E-state index in [9.17, 15) is 36.6 Å². The predicted octanol–water partition coefficient (Wildman–Crippen LogP) is 7.73. The number of carbonyl (C=O) groups is 2. The summed E-state index contributed by atoms with van der Waals surface area (Å²) in [6, 6.07) is 13.5. The van der Waals surface area contributed by atoms with Crippen LogP contribution in [0.5, 0.6) is 11.6 Å². The van der Waals surface area contributed by atoms with Crippen molar-refractivity contribution in [1.82, 2.24) is 9.88 Å². The van der Waals surface area contributed by atoms with Crippen molar-refractivity contribution < 1.29 is 48.9 Å². The predicted molar refractivity (Wildman–Crippen MR) is 177 cm³/mol. The maximum atomic E-state index is 14.9. The smallest absolute Gasteiger partial charge is 0.423 e. The number of halogens is 6. The summed E-state index contributed by atoms with van der Waals surface area (Å²) >= 11 is 6.64. The number of nitrogens with zero attached hydrogens (tertiary/aromatic N) is 3. The summed E-state index contributed by atoms with van der Waals surface area (Å²) in [5.41, 5.74) is -5.79. The number of fused-ring (bicyclic) bond motifs is 4. The molecule has 2 aliphatic heterocycles. The molecule has 3 heterocycles. The Hall–Kier alpha value is -5.47. The molecule has 1 aromatic heterocycles. The van der Waals surface area contributed by atoms with E-state index in [4.69, 9.17) is 23.8 Å². The molecule has 0 fully saturated rings. The molecule has 51 heavy (non-hydrogen) atoms. The Balaban J connectivity index is 1.44. The highest BCUT2D eigenvalue weighted by molar-refractivity contribution is 6.31. The van der Waals surface area contributed by atoms with E-state index in [-0.39, 0.29) is 55.6 Å². The molecule has 0 saturated heterocycles. The zero-order chi connectivity index (χ0) is 38.2. The SMILES string of the molecule is [2H]C1([2H])N(C(=O)Nc2cc3nc(OC)ccc3c3c2C(c2cc(F)ccc2Cl)N(Cc2ccc(OC)cc2)C3=O)c2ccc(F)cc2C1(O)C(F)(F)F. The van der Waals surface area contributed by atoms with Crippen LogP contribution < -0.4 is 19.7 Å². The maximum absolute atomic E-state index is 14.9. The molecule has 4 aromatic carbocycles. The summed E-state index contributed by atoms with van der Waals surface area (Å²) in [6.45, 7) is -4.01. The van der Waals surface area contributed by atoms with Crippen LogP contribution >= 0.6 is 11.6 Å². The molecule has 0 radical (unpaired) electrons. The third-order valence-electron chi connectivity index (χ3n) is 8.76. The second-order valence-electron chi connectivity index (χ2n) is 11.7. The molecule has 3 amide bonds. The topological polar surface area (TPSA) is 104 Å². The summed E-state index contributed by atoms with van der Waals surface area (Å²) in [5, 5.41) is 13.7. The van der Waals surface area contributed by atoms with Gasteiger partial charge in [0.05, 0.1) is 52.0 Å². The fraction of sp³-hybridized carbons (Fsp3) is 0.194. The summed E-state index contributed by atoms with van der Waals surface area (Å²) in [4.78, 5) is 34.6. The Kier molecular flexibility index (Phi) is 7.65. The number of hydrogen-bond acceptors (Lipinski definition) is 6. The Labute approximate surface area is 294 Å². The minimum Gasteiger partial charge on any atom is -0.497 e. The first-order valence-corrected chi connectivity index (χ1v) is 15.5. The first-order valence-electron chi connectivity index (χ1n) is 16.1. The normalized spacial score (nSPS) is 19.8. The van der Waals surface area contributed by atoms with Gasteiger partial charge < -0.3 is 24.8 Å². The van der Waals surface area contributed by atoms with Crippen LogP contribution in [-0.4, -0.2) is 53.8 Å². The molecule has 2 aliphatic rings. The molecule has 2 atom stereocenters. The molecule has 5 aromatic rings. The number of aromatic nitrogens is 1. The largest absolute Gasteiger partial charge is 0.497 e. The molecule has 262 valence electrons. The Morgan fingerprint density at radius 3 is 2.43 bits per heavy atom. The highest BCUT2D eigenvalue weighted by Gasteiger charge is 2.61. The number of nitrogens with one attached hydrogen (secondary N) is 1. The van der Waals surface area contributed by atoms with Crippen LogP contribution in [0, 0.1) is 11.6 Å². The minimum absolute atomic E-state index is 0.0227. The fourth-order valence-corrected chi connectivity index (χ4v) is 6.60. The second kappa shape index (κ2) is 12.4. The second-order valence-corrected chi connectivity index (χ2v) is 12.1. The molecule has 0 spiro atoms. The summed E-state index contributed by atoms with van der Waals surface area (Å²) in [5.74, 6) is -1.91. The highest BCUT2D eigenvalue weighted by Crippen LogP contribution is 2.51. The van der Waals surface area contributed by atoms with Gasteiger partial charge in [-0.2, -0.15) is 13.2 Å². The zero-order valence-electron chi connectivity index (χ0n) is 28.5. The van der Waals surface area contributed by atoms with Gasteiger partial charge in [-0.05, 0) is 66.2 Å². The van der Waals surface area contributed by atoms with E-state index in [2.05, 4.69) is 10.3 Å². The molecular weight excluding hydrogens is 699 g/mol. The van der Waals surface area contributed by atoms with Crippen LogP contribution in [0.3, 0.4) is 0 Å². The van der Waals surface area contributed by atoms with Crippen molar-refractivity contribution in [2.24, 2.45) is 0 Å². The molecule has 9 nitrogen and oxygen atoms in total. The number of urea groups is 1. The average molecular weight is 727 g/mol. The number of rotatable bonds is 6. The monoisotopic (exact) mass is 726 g/mol.